The average Bonchev–Trinajstić information content (AvgIpc) is 3.04. The Morgan fingerprint density at radius 1 is 1.06 bits per heavy atom. The van der Waals surface area contributed by atoms with Crippen molar-refractivity contribution in [3.8, 4) is 0 Å². The molecule has 1 nitrogen and oxygen atoms in total. The predicted octanol–water partition coefficient (Wildman–Crippen LogP) is 3.69. The van der Waals surface area contributed by atoms with Crippen LogP contribution in [0.15, 0.2) is 0 Å². The number of alkyl halides is 2. The van der Waals surface area contributed by atoms with Crippen molar-refractivity contribution in [3.05, 3.63) is 0 Å². The summed E-state index contributed by atoms with van der Waals surface area (Å²) >= 11 is 0. The first kappa shape index (κ1) is 11.6. The van der Waals surface area contributed by atoms with E-state index in [9.17, 15) is 8.78 Å². The van der Waals surface area contributed by atoms with Crippen LogP contribution in [0.2, 0.25) is 0 Å². The minimum absolute atomic E-state index is 0.140. The lowest BCUT2D eigenvalue weighted by Gasteiger charge is -2.39. The number of hydrogen-bond donors (Lipinski definition) is 0. The van der Waals surface area contributed by atoms with Crippen LogP contribution in [0.25, 0.3) is 0 Å². The van der Waals surface area contributed by atoms with Crippen LogP contribution in [0.5, 0.6) is 0 Å². The highest BCUT2D eigenvalue weighted by molar-refractivity contribution is 5.29. The third-order valence-electron chi connectivity index (χ3n) is 6.39. The van der Waals surface area contributed by atoms with Crippen molar-refractivity contribution in [2.45, 2.75) is 63.8 Å². The SMILES string of the molecule is CC(C)C[C@]12C[C@@]3(CN1CCC21CC1)CC3(F)F. The normalized spacial score (nSPS) is 47.2. The first-order chi connectivity index (χ1) is 8.35. The maximum Gasteiger partial charge on any atom is 0.255 e. The van der Waals surface area contributed by atoms with Crippen molar-refractivity contribution in [2.75, 3.05) is 13.1 Å². The molecule has 2 saturated carbocycles. The molecule has 102 valence electrons. The number of halogens is 2. The fraction of sp³-hybridized carbons (Fsp3) is 1.00. The molecule has 2 saturated heterocycles. The molecular formula is C15H23F2N. The molecule has 2 aliphatic carbocycles. The smallest absolute Gasteiger partial charge is 0.255 e. The van der Waals surface area contributed by atoms with Crippen LogP contribution < -0.4 is 0 Å². The Morgan fingerprint density at radius 3 is 2.22 bits per heavy atom. The fourth-order valence-electron chi connectivity index (χ4n) is 5.35. The second-order valence-corrected chi connectivity index (χ2v) is 7.92. The third-order valence-corrected chi connectivity index (χ3v) is 6.39. The maximum absolute atomic E-state index is 13.8. The largest absolute Gasteiger partial charge is 0.296 e. The maximum atomic E-state index is 13.8. The zero-order valence-electron chi connectivity index (χ0n) is 11.4. The van der Waals surface area contributed by atoms with E-state index in [2.05, 4.69) is 18.7 Å². The molecule has 4 rings (SSSR count). The molecule has 2 heterocycles. The van der Waals surface area contributed by atoms with E-state index >= 15 is 0 Å². The monoisotopic (exact) mass is 255 g/mol. The van der Waals surface area contributed by atoms with E-state index in [1.165, 1.54) is 19.3 Å². The molecule has 0 N–H and O–H groups in total. The van der Waals surface area contributed by atoms with Gasteiger partial charge in [-0.2, -0.15) is 0 Å². The molecule has 4 aliphatic rings. The molecule has 0 aromatic carbocycles. The molecule has 0 aromatic rings. The van der Waals surface area contributed by atoms with E-state index in [1.807, 2.05) is 0 Å². The van der Waals surface area contributed by atoms with Crippen molar-refractivity contribution in [3.63, 3.8) is 0 Å². The molecule has 0 amide bonds. The van der Waals surface area contributed by atoms with Crippen molar-refractivity contribution in [1.82, 2.24) is 4.90 Å². The van der Waals surface area contributed by atoms with E-state index in [-0.39, 0.29) is 12.0 Å². The summed E-state index contributed by atoms with van der Waals surface area (Å²) in [5.41, 5.74) is -0.0571. The van der Waals surface area contributed by atoms with Crippen LogP contribution >= 0.6 is 0 Å². The van der Waals surface area contributed by atoms with Gasteiger partial charge in [-0.25, -0.2) is 8.78 Å². The van der Waals surface area contributed by atoms with Crippen LogP contribution in [0.4, 0.5) is 8.78 Å². The van der Waals surface area contributed by atoms with Gasteiger partial charge in [0.1, 0.15) is 0 Å². The molecule has 0 aromatic heterocycles. The second kappa shape index (κ2) is 2.94. The molecule has 18 heavy (non-hydrogen) atoms. The first-order valence-corrected chi connectivity index (χ1v) is 7.48. The summed E-state index contributed by atoms with van der Waals surface area (Å²) in [6.45, 7) is 6.24. The van der Waals surface area contributed by atoms with Crippen LogP contribution in [-0.4, -0.2) is 29.5 Å². The summed E-state index contributed by atoms with van der Waals surface area (Å²) in [4.78, 5) is 2.47. The Labute approximate surface area is 108 Å². The standard InChI is InChI=1S/C15H23F2N/c1-11(2)7-14-8-13(9-15(13,16)17)10-18(14)6-5-12(14)3-4-12/h11H,3-10H2,1-2H3/t13-,14+/m0/s1. The van der Waals surface area contributed by atoms with Gasteiger partial charge < -0.3 is 0 Å². The summed E-state index contributed by atoms with van der Waals surface area (Å²) in [6.07, 6.45) is 5.92. The van der Waals surface area contributed by atoms with Crippen LogP contribution in [0.3, 0.4) is 0 Å². The van der Waals surface area contributed by atoms with Gasteiger partial charge in [-0.1, -0.05) is 13.8 Å². The summed E-state index contributed by atoms with van der Waals surface area (Å²) in [5, 5.41) is 0. The fourth-order valence-corrected chi connectivity index (χ4v) is 5.35. The zero-order valence-corrected chi connectivity index (χ0v) is 11.4. The Kier molecular flexibility index (Phi) is 1.90. The van der Waals surface area contributed by atoms with Crippen molar-refractivity contribution in [2.24, 2.45) is 16.7 Å². The van der Waals surface area contributed by atoms with E-state index in [0.29, 0.717) is 17.9 Å². The van der Waals surface area contributed by atoms with Gasteiger partial charge in [0.15, 0.2) is 0 Å². The molecule has 2 spiro atoms. The van der Waals surface area contributed by atoms with Crippen LogP contribution in [0.1, 0.15) is 52.4 Å². The topological polar surface area (TPSA) is 3.24 Å². The zero-order chi connectivity index (χ0) is 12.8. The lowest BCUT2D eigenvalue weighted by molar-refractivity contribution is 0.0629. The Bertz CT molecular complexity index is 401. The number of fused-ring (bicyclic) bond motifs is 2. The Morgan fingerprint density at radius 2 is 1.72 bits per heavy atom. The van der Waals surface area contributed by atoms with Crippen molar-refractivity contribution >= 4 is 0 Å². The van der Waals surface area contributed by atoms with Gasteiger partial charge in [-0.15, -0.1) is 0 Å². The van der Waals surface area contributed by atoms with Gasteiger partial charge in [0, 0.05) is 18.5 Å². The highest BCUT2D eigenvalue weighted by atomic mass is 19.3. The van der Waals surface area contributed by atoms with Crippen LogP contribution in [-0.2, 0) is 0 Å². The van der Waals surface area contributed by atoms with Gasteiger partial charge in [-0.3, -0.25) is 4.90 Å². The highest BCUT2D eigenvalue weighted by Crippen LogP contribution is 2.77. The highest BCUT2D eigenvalue weighted by Gasteiger charge is 2.81. The number of hydrogen-bond acceptors (Lipinski definition) is 1. The molecule has 2 aliphatic heterocycles. The Hall–Kier alpha value is -0.180. The van der Waals surface area contributed by atoms with Gasteiger partial charge >= 0.3 is 0 Å². The van der Waals surface area contributed by atoms with E-state index in [1.54, 1.807) is 0 Å². The summed E-state index contributed by atoms with van der Waals surface area (Å²) in [7, 11) is 0. The molecular weight excluding hydrogens is 232 g/mol. The van der Waals surface area contributed by atoms with Crippen LogP contribution in [0, 0.1) is 16.7 Å². The predicted molar refractivity (Wildman–Crippen MR) is 66.7 cm³/mol. The van der Waals surface area contributed by atoms with Crippen molar-refractivity contribution in [1.29, 1.82) is 0 Å². The van der Waals surface area contributed by atoms with Crippen molar-refractivity contribution < 1.29 is 8.78 Å². The molecule has 3 heteroatoms. The molecule has 2 atom stereocenters. The molecule has 0 radical (unpaired) electrons. The quantitative estimate of drug-likeness (QED) is 0.727. The minimum atomic E-state index is -2.36. The lowest BCUT2D eigenvalue weighted by atomic mass is 9.72. The summed E-state index contributed by atoms with van der Waals surface area (Å²) < 4.78 is 27.5. The number of nitrogens with zero attached hydrogens (tertiary/aromatic N) is 1. The second-order valence-electron chi connectivity index (χ2n) is 7.92. The molecule has 0 bridgehead atoms. The van der Waals surface area contributed by atoms with Gasteiger partial charge in [-0.05, 0) is 50.0 Å². The van der Waals surface area contributed by atoms with E-state index in [4.69, 9.17) is 0 Å². The third kappa shape index (κ3) is 1.16. The summed E-state index contributed by atoms with van der Waals surface area (Å²) in [5.74, 6) is -1.75. The molecule has 4 fully saturated rings. The Balaban J connectivity index is 1.70. The van der Waals surface area contributed by atoms with E-state index in [0.717, 1.165) is 19.4 Å². The van der Waals surface area contributed by atoms with Gasteiger partial charge in [0.25, 0.3) is 5.92 Å². The summed E-state index contributed by atoms with van der Waals surface area (Å²) in [6, 6.07) is 0. The first-order valence-electron chi connectivity index (χ1n) is 7.48. The lowest BCUT2D eigenvalue weighted by Crippen LogP contribution is -2.45. The van der Waals surface area contributed by atoms with Gasteiger partial charge in [0.05, 0.1) is 5.41 Å². The van der Waals surface area contributed by atoms with Gasteiger partial charge in [0.2, 0.25) is 0 Å². The minimum Gasteiger partial charge on any atom is -0.296 e. The van der Waals surface area contributed by atoms with E-state index < -0.39 is 11.3 Å². The molecule has 0 unspecified atom stereocenters. The number of rotatable bonds is 2. The average molecular weight is 255 g/mol.